The van der Waals surface area contributed by atoms with E-state index in [0.717, 1.165) is 17.5 Å². The largest absolute Gasteiger partial charge is 0.465 e. The zero-order valence-corrected chi connectivity index (χ0v) is 14.8. The van der Waals surface area contributed by atoms with Gasteiger partial charge < -0.3 is 9.32 Å². The quantitative estimate of drug-likeness (QED) is 0.593. The summed E-state index contributed by atoms with van der Waals surface area (Å²) in [5.74, 6) is 0.594. The first kappa shape index (κ1) is 17.7. The number of nitrogens with zero attached hydrogens (tertiary/aromatic N) is 2. The predicted octanol–water partition coefficient (Wildman–Crippen LogP) is 4.48. The van der Waals surface area contributed by atoms with Gasteiger partial charge in [-0.05, 0) is 47.4 Å². The van der Waals surface area contributed by atoms with Gasteiger partial charge in [-0.15, -0.1) is 0 Å². The molecule has 4 heteroatoms. The predicted molar refractivity (Wildman–Crippen MR) is 102 cm³/mol. The van der Waals surface area contributed by atoms with Crippen molar-refractivity contribution in [3.8, 4) is 0 Å². The second-order valence-corrected chi connectivity index (χ2v) is 6.07. The van der Waals surface area contributed by atoms with Crippen molar-refractivity contribution in [1.82, 2.24) is 9.88 Å². The van der Waals surface area contributed by atoms with Crippen molar-refractivity contribution in [3.05, 3.63) is 95.7 Å². The van der Waals surface area contributed by atoms with Gasteiger partial charge >= 0.3 is 0 Å². The van der Waals surface area contributed by atoms with E-state index in [-0.39, 0.29) is 5.91 Å². The Bertz CT molecular complexity index is 838. The maximum Gasteiger partial charge on any atom is 0.247 e. The van der Waals surface area contributed by atoms with E-state index in [2.05, 4.69) is 36.2 Å². The molecule has 132 valence electrons. The summed E-state index contributed by atoms with van der Waals surface area (Å²) < 4.78 is 5.26. The number of rotatable bonds is 7. The minimum atomic E-state index is -0.0650. The molecule has 0 saturated carbocycles. The fraction of sp³-hybridized carbons (Fsp3) is 0.182. The summed E-state index contributed by atoms with van der Waals surface area (Å²) in [6.45, 7) is 3.18. The van der Waals surface area contributed by atoms with Gasteiger partial charge in [0.2, 0.25) is 5.91 Å². The van der Waals surface area contributed by atoms with Gasteiger partial charge in [0.25, 0.3) is 0 Å². The molecule has 1 amide bonds. The zero-order chi connectivity index (χ0) is 18.2. The van der Waals surface area contributed by atoms with E-state index in [1.54, 1.807) is 41.8 Å². The molecule has 26 heavy (non-hydrogen) atoms. The molecule has 0 spiro atoms. The summed E-state index contributed by atoms with van der Waals surface area (Å²) in [4.78, 5) is 18.7. The van der Waals surface area contributed by atoms with Crippen molar-refractivity contribution in [2.24, 2.45) is 0 Å². The van der Waals surface area contributed by atoms with E-state index in [4.69, 9.17) is 4.42 Å². The molecule has 3 rings (SSSR count). The van der Waals surface area contributed by atoms with Crippen molar-refractivity contribution >= 4 is 12.0 Å². The highest BCUT2D eigenvalue weighted by Crippen LogP contribution is 2.13. The van der Waals surface area contributed by atoms with Crippen LogP contribution in [0, 0.1) is 0 Å². The minimum Gasteiger partial charge on any atom is -0.465 e. The third-order valence-electron chi connectivity index (χ3n) is 4.15. The van der Waals surface area contributed by atoms with Crippen LogP contribution in [0.15, 0.2) is 77.7 Å². The molecular formula is C22H22N2O2. The van der Waals surface area contributed by atoms with Crippen molar-refractivity contribution < 1.29 is 9.21 Å². The normalized spacial score (nSPS) is 11.0. The van der Waals surface area contributed by atoms with E-state index < -0.39 is 0 Å². The van der Waals surface area contributed by atoms with Crippen LogP contribution in [-0.4, -0.2) is 15.8 Å². The summed E-state index contributed by atoms with van der Waals surface area (Å²) in [6, 6.07) is 15.9. The highest BCUT2D eigenvalue weighted by molar-refractivity contribution is 5.91. The molecule has 1 aromatic carbocycles. The number of benzene rings is 1. The van der Waals surface area contributed by atoms with Gasteiger partial charge in [-0.1, -0.05) is 37.3 Å². The van der Waals surface area contributed by atoms with Gasteiger partial charge in [-0.2, -0.15) is 0 Å². The second-order valence-electron chi connectivity index (χ2n) is 6.07. The van der Waals surface area contributed by atoms with Gasteiger partial charge in [0, 0.05) is 31.6 Å². The highest BCUT2D eigenvalue weighted by Gasteiger charge is 2.12. The van der Waals surface area contributed by atoms with Gasteiger partial charge in [0.05, 0.1) is 6.26 Å². The second kappa shape index (κ2) is 8.81. The Kier molecular flexibility index (Phi) is 5.99. The highest BCUT2D eigenvalue weighted by atomic mass is 16.3. The Morgan fingerprint density at radius 3 is 2.46 bits per heavy atom. The molecule has 0 aliphatic carbocycles. The van der Waals surface area contributed by atoms with Crippen molar-refractivity contribution in [2.75, 3.05) is 0 Å². The Hall–Kier alpha value is -3.14. The van der Waals surface area contributed by atoms with Crippen molar-refractivity contribution in [3.63, 3.8) is 0 Å². The molecule has 0 bridgehead atoms. The molecule has 0 fully saturated rings. The number of aryl methyl sites for hydroxylation is 1. The lowest BCUT2D eigenvalue weighted by atomic mass is 10.1. The van der Waals surface area contributed by atoms with Crippen LogP contribution in [0.4, 0.5) is 0 Å². The van der Waals surface area contributed by atoms with Gasteiger partial charge in [0.15, 0.2) is 0 Å². The lowest BCUT2D eigenvalue weighted by molar-refractivity contribution is -0.127. The first-order valence-electron chi connectivity index (χ1n) is 8.72. The fourth-order valence-electron chi connectivity index (χ4n) is 2.67. The lowest BCUT2D eigenvalue weighted by Crippen LogP contribution is -2.28. The molecule has 0 N–H and O–H groups in total. The molecule has 2 aromatic heterocycles. The van der Waals surface area contributed by atoms with Crippen LogP contribution in [0.25, 0.3) is 6.08 Å². The van der Waals surface area contributed by atoms with Crippen LogP contribution in [0.3, 0.4) is 0 Å². The number of furan rings is 1. The Labute approximate surface area is 153 Å². The third kappa shape index (κ3) is 4.93. The van der Waals surface area contributed by atoms with Gasteiger partial charge in [0.1, 0.15) is 5.76 Å². The molecule has 2 heterocycles. The molecule has 0 atom stereocenters. The Morgan fingerprint density at radius 2 is 1.81 bits per heavy atom. The number of amides is 1. The standard InChI is InChI=1S/C22H22N2O2/c1-2-18-7-9-19(10-8-18)16-24(17-20-5-3-13-23-15-20)22(25)12-11-21-6-4-14-26-21/h3-15H,2,16-17H2,1H3/b12-11+. The van der Waals surface area contributed by atoms with E-state index in [1.807, 2.05) is 18.2 Å². The van der Waals surface area contributed by atoms with Crippen LogP contribution in [0.1, 0.15) is 29.4 Å². The molecular weight excluding hydrogens is 324 g/mol. The first-order valence-corrected chi connectivity index (χ1v) is 8.72. The number of carbonyl (C=O) groups excluding carboxylic acids is 1. The van der Waals surface area contributed by atoms with Crippen LogP contribution in [-0.2, 0) is 24.3 Å². The fourth-order valence-corrected chi connectivity index (χ4v) is 2.67. The van der Waals surface area contributed by atoms with E-state index in [0.29, 0.717) is 18.8 Å². The molecule has 4 nitrogen and oxygen atoms in total. The molecule has 0 aliphatic rings. The molecule has 3 aromatic rings. The number of hydrogen-bond acceptors (Lipinski definition) is 3. The maximum absolute atomic E-state index is 12.7. The Balaban J connectivity index is 1.76. The SMILES string of the molecule is CCc1ccc(CN(Cc2cccnc2)C(=O)/C=C/c2ccco2)cc1. The van der Waals surface area contributed by atoms with Crippen LogP contribution in [0.5, 0.6) is 0 Å². The first-order chi connectivity index (χ1) is 12.7. The van der Waals surface area contributed by atoms with Crippen LogP contribution >= 0.6 is 0 Å². The van der Waals surface area contributed by atoms with E-state index in [9.17, 15) is 4.79 Å². The molecule has 0 radical (unpaired) electrons. The zero-order valence-electron chi connectivity index (χ0n) is 14.8. The van der Waals surface area contributed by atoms with E-state index in [1.165, 1.54) is 5.56 Å². The number of hydrogen-bond donors (Lipinski definition) is 0. The van der Waals surface area contributed by atoms with Crippen molar-refractivity contribution in [1.29, 1.82) is 0 Å². The number of carbonyl (C=O) groups is 1. The third-order valence-corrected chi connectivity index (χ3v) is 4.15. The van der Waals surface area contributed by atoms with Crippen LogP contribution < -0.4 is 0 Å². The Morgan fingerprint density at radius 1 is 1.04 bits per heavy atom. The van der Waals surface area contributed by atoms with Gasteiger partial charge in [-0.25, -0.2) is 0 Å². The molecule has 0 saturated heterocycles. The smallest absolute Gasteiger partial charge is 0.247 e. The summed E-state index contributed by atoms with van der Waals surface area (Å²) in [5, 5.41) is 0. The maximum atomic E-state index is 12.7. The summed E-state index contributed by atoms with van der Waals surface area (Å²) in [5.41, 5.74) is 3.39. The molecule has 0 unspecified atom stereocenters. The topological polar surface area (TPSA) is 46.3 Å². The number of pyridine rings is 1. The minimum absolute atomic E-state index is 0.0650. The van der Waals surface area contributed by atoms with Crippen LogP contribution in [0.2, 0.25) is 0 Å². The monoisotopic (exact) mass is 346 g/mol. The summed E-state index contributed by atoms with van der Waals surface area (Å²) in [6.07, 6.45) is 9.36. The molecule has 0 aliphatic heterocycles. The summed E-state index contributed by atoms with van der Waals surface area (Å²) >= 11 is 0. The average Bonchev–Trinajstić information content (AvgIpc) is 3.20. The lowest BCUT2D eigenvalue weighted by Gasteiger charge is -2.21. The van der Waals surface area contributed by atoms with Gasteiger partial charge in [-0.3, -0.25) is 9.78 Å². The van der Waals surface area contributed by atoms with E-state index >= 15 is 0 Å². The average molecular weight is 346 g/mol. The number of aromatic nitrogens is 1. The van der Waals surface area contributed by atoms with Crippen molar-refractivity contribution in [2.45, 2.75) is 26.4 Å². The summed E-state index contributed by atoms with van der Waals surface area (Å²) in [7, 11) is 0.